The highest BCUT2D eigenvalue weighted by Gasteiger charge is 2.49. The maximum atomic E-state index is 9.41. The first-order chi connectivity index (χ1) is 15.6. The molecule has 0 saturated carbocycles. The van der Waals surface area contributed by atoms with Crippen molar-refractivity contribution in [3.05, 3.63) is 59.4 Å². The third-order valence-corrected chi connectivity index (χ3v) is 6.77. The normalized spacial score (nSPS) is 17.7. The molecule has 1 N–H and O–H groups in total. The van der Waals surface area contributed by atoms with Crippen LogP contribution in [0.1, 0.15) is 29.7 Å². The summed E-state index contributed by atoms with van der Waals surface area (Å²) in [6, 6.07) is 14.5. The van der Waals surface area contributed by atoms with Crippen molar-refractivity contribution in [3.63, 3.8) is 0 Å². The van der Waals surface area contributed by atoms with Crippen LogP contribution < -0.4 is 10.2 Å². The number of anilines is 2. The monoisotopic (exact) mass is 425 g/mol. The van der Waals surface area contributed by atoms with Crippen molar-refractivity contribution in [3.8, 4) is 6.07 Å². The first-order valence-corrected chi connectivity index (χ1v) is 10.8. The molecule has 1 unspecified atom stereocenters. The average Bonchev–Trinajstić information content (AvgIpc) is 3.20. The van der Waals surface area contributed by atoms with Crippen molar-refractivity contribution in [2.24, 2.45) is 5.41 Å². The fraction of sp³-hybridized carbons (Fsp3) is 0.333. The number of hydrogen-bond donors (Lipinski definition) is 1. The van der Waals surface area contributed by atoms with E-state index in [1.54, 1.807) is 4.63 Å². The van der Waals surface area contributed by atoms with Gasteiger partial charge < -0.3 is 15.0 Å². The minimum Gasteiger partial charge on any atom is -0.380 e. The molecular formula is C24H23N7O. The van der Waals surface area contributed by atoms with E-state index < -0.39 is 0 Å². The van der Waals surface area contributed by atoms with Gasteiger partial charge in [0.05, 0.1) is 36.3 Å². The zero-order chi connectivity index (χ0) is 21.9. The van der Waals surface area contributed by atoms with E-state index in [4.69, 9.17) is 9.84 Å². The number of aromatic nitrogens is 4. The van der Waals surface area contributed by atoms with E-state index in [1.165, 1.54) is 12.0 Å². The van der Waals surface area contributed by atoms with Gasteiger partial charge in [-0.05, 0) is 49.2 Å². The molecule has 0 bridgehead atoms. The summed E-state index contributed by atoms with van der Waals surface area (Å²) in [5.74, 6) is 0.747. The fourth-order valence-electron chi connectivity index (χ4n) is 4.91. The predicted octanol–water partition coefficient (Wildman–Crippen LogP) is 3.47. The Kier molecular flexibility index (Phi) is 4.10. The second-order valence-electron chi connectivity index (χ2n) is 9.00. The summed E-state index contributed by atoms with van der Waals surface area (Å²) in [6.07, 6.45) is 1.53. The van der Waals surface area contributed by atoms with E-state index in [-0.39, 0.29) is 6.04 Å². The fourth-order valence-corrected chi connectivity index (χ4v) is 4.91. The van der Waals surface area contributed by atoms with Crippen LogP contribution in [0.5, 0.6) is 0 Å². The Hall–Kier alpha value is -3.70. The Morgan fingerprint density at radius 3 is 2.78 bits per heavy atom. The number of ether oxygens (including phenoxy) is 1. The van der Waals surface area contributed by atoms with E-state index in [2.05, 4.69) is 57.6 Å². The second-order valence-corrected chi connectivity index (χ2v) is 9.00. The lowest BCUT2D eigenvalue weighted by Crippen LogP contribution is -2.66. The molecule has 0 amide bonds. The summed E-state index contributed by atoms with van der Waals surface area (Å²) in [7, 11) is 0. The first-order valence-electron chi connectivity index (χ1n) is 10.8. The lowest BCUT2D eigenvalue weighted by Gasteiger charge is -2.56. The zero-order valence-corrected chi connectivity index (χ0v) is 18.0. The molecule has 2 aromatic heterocycles. The summed E-state index contributed by atoms with van der Waals surface area (Å²) in [6.45, 7) is 7.86. The Morgan fingerprint density at radius 1 is 1.19 bits per heavy atom. The van der Waals surface area contributed by atoms with Crippen molar-refractivity contribution in [2.45, 2.75) is 19.9 Å². The molecule has 32 heavy (non-hydrogen) atoms. The van der Waals surface area contributed by atoms with E-state index in [9.17, 15) is 5.26 Å². The highest BCUT2D eigenvalue weighted by atomic mass is 16.5. The lowest BCUT2D eigenvalue weighted by atomic mass is 9.77. The third-order valence-electron chi connectivity index (χ3n) is 6.77. The van der Waals surface area contributed by atoms with Crippen molar-refractivity contribution in [1.82, 2.24) is 19.8 Å². The maximum absolute atomic E-state index is 9.41. The van der Waals surface area contributed by atoms with Crippen LogP contribution in [-0.2, 0) is 4.74 Å². The molecule has 2 saturated heterocycles. The molecule has 8 heteroatoms. The molecule has 2 aromatic carbocycles. The van der Waals surface area contributed by atoms with Crippen LogP contribution in [0, 0.1) is 23.7 Å². The molecule has 1 spiro atoms. The molecule has 6 rings (SSSR count). The average molecular weight is 425 g/mol. The zero-order valence-electron chi connectivity index (χ0n) is 18.0. The Morgan fingerprint density at radius 2 is 2.03 bits per heavy atom. The molecule has 160 valence electrons. The minimum absolute atomic E-state index is 0.0389. The van der Waals surface area contributed by atoms with Gasteiger partial charge >= 0.3 is 0 Å². The van der Waals surface area contributed by atoms with E-state index in [1.807, 2.05) is 19.1 Å². The van der Waals surface area contributed by atoms with Crippen LogP contribution in [-0.4, -0.2) is 46.1 Å². The van der Waals surface area contributed by atoms with Crippen LogP contribution >= 0.6 is 0 Å². The second kappa shape index (κ2) is 6.90. The molecular weight excluding hydrogens is 402 g/mol. The molecule has 2 aliphatic heterocycles. The molecule has 4 aromatic rings. The van der Waals surface area contributed by atoms with Crippen molar-refractivity contribution in [2.75, 3.05) is 36.5 Å². The summed E-state index contributed by atoms with van der Waals surface area (Å²) in [5.41, 5.74) is 5.01. The Labute approximate surface area is 185 Å². The van der Waals surface area contributed by atoms with Crippen molar-refractivity contribution in [1.29, 1.82) is 5.26 Å². The standard InChI is InChI=1S/C24H23N7O/c1-15-17(9-25)4-3-5-19(15)16(2)28-22-21-8-18(30-10-24(11-30)12-32-13-24)6-7-20(21)23-26-14-27-31(23)29-22/h3-8,14,16H,10-13H2,1-2H3,(H,28,29). The van der Waals surface area contributed by atoms with Gasteiger partial charge in [-0.2, -0.15) is 5.26 Å². The van der Waals surface area contributed by atoms with Gasteiger partial charge in [-0.3, -0.25) is 0 Å². The number of rotatable bonds is 4. The largest absolute Gasteiger partial charge is 0.380 e. The van der Waals surface area contributed by atoms with Gasteiger partial charge in [0.1, 0.15) is 6.33 Å². The minimum atomic E-state index is -0.0389. The van der Waals surface area contributed by atoms with Crippen molar-refractivity contribution < 1.29 is 4.74 Å². The molecule has 0 radical (unpaired) electrons. The van der Waals surface area contributed by atoms with Crippen LogP contribution in [0.15, 0.2) is 42.7 Å². The van der Waals surface area contributed by atoms with Crippen LogP contribution in [0.4, 0.5) is 11.5 Å². The number of fused-ring (bicyclic) bond motifs is 3. The van der Waals surface area contributed by atoms with Crippen LogP contribution in [0.3, 0.4) is 0 Å². The Balaban J connectivity index is 1.40. The molecule has 2 fully saturated rings. The van der Waals surface area contributed by atoms with Gasteiger partial charge in [-0.25, -0.2) is 4.98 Å². The lowest BCUT2D eigenvalue weighted by molar-refractivity contribution is -0.127. The highest BCUT2D eigenvalue weighted by molar-refractivity contribution is 6.01. The highest BCUT2D eigenvalue weighted by Crippen LogP contribution is 2.41. The predicted molar refractivity (Wildman–Crippen MR) is 122 cm³/mol. The number of nitrogens with zero attached hydrogens (tertiary/aromatic N) is 6. The molecule has 2 aliphatic rings. The van der Waals surface area contributed by atoms with E-state index in [0.717, 1.165) is 59.7 Å². The number of nitrogens with one attached hydrogen (secondary N) is 1. The van der Waals surface area contributed by atoms with Gasteiger partial charge in [0.25, 0.3) is 0 Å². The van der Waals surface area contributed by atoms with Crippen LogP contribution in [0.2, 0.25) is 0 Å². The van der Waals surface area contributed by atoms with Crippen molar-refractivity contribution >= 4 is 27.9 Å². The summed E-state index contributed by atoms with van der Waals surface area (Å²) in [4.78, 5) is 6.80. The van der Waals surface area contributed by atoms with Crippen LogP contribution in [0.25, 0.3) is 16.4 Å². The topological polar surface area (TPSA) is 91.4 Å². The van der Waals surface area contributed by atoms with E-state index >= 15 is 0 Å². The quantitative estimate of drug-likeness (QED) is 0.535. The number of nitriles is 1. The van der Waals surface area contributed by atoms with Gasteiger partial charge in [-0.1, -0.05) is 12.1 Å². The summed E-state index contributed by atoms with van der Waals surface area (Å²) < 4.78 is 6.99. The van der Waals surface area contributed by atoms with E-state index in [0.29, 0.717) is 11.0 Å². The molecule has 1 atom stereocenters. The molecule has 4 heterocycles. The summed E-state index contributed by atoms with van der Waals surface area (Å²) in [5, 5.41) is 24.0. The Bertz CT molecular complexity index is 1390. The third kappa shape index (κ3) is 2.82. The van der Waals surface area contributed by atoms with Gasteiger partial charge in [0.2, 0.25) is 0 Å². The molecule has 0 aliphatic carbocycles. The maximum Gasteiger partial charge on any atom is 0.184 e. The molecule has 8 nitrogen and oxygen atoms in total. The van der Waals surface area contributed by atoms with Gasteiger partial charge in [-0.15, -0.1) is 14.8 Å². The smallest absolute Gasteiger partial charge is 0.184 e. The summed E-state index contributed by atoms with van der Waals surface area (Å²) >= 11 is 0. The first kappa shape index (κ1) is 19.0. The number of benzene rings is 2. The van der Waals surface area contributed by atoms with Gasteiger partial charge in [0, 0.05) is 29.5 Å². The van der Waals surface area contributed by atoms with Gasteiger partial charge in [0.15, 0.2) is 11.5 Å². The SMILES string of the molecule is Cc1c(C#N)cccc1C(C)Nc1nn2ncnc2c2ccc(N3CC4(COC4)C3)cc12. The number of hydrogen-bond acceptors (Lipinski definition) is 7.